The summed E-state index contributed by atoms with van der Waals surface area (Å²) in [5.74, 6) is 1.88. The van der Waals surface area contributed by atoms with Gasteiger partial charge < -0.3 is 5.32 Å². The van der Waals surface area contributed by atoms with E-state index in [2.05, 4.69) is 43.6 Å². The van der Waals surface area contributed by atoms with Crippen molar-refractivity contribution < 1.29 is 0 Å². The van der Waals surface area contributed by atoms with Crippen LogP contribution in [-0.4, -0.2) is 23.0 Å². The Morgan fingerprint density at radius 1 is 1.44 bits per heavy atom. The summed E-state index contributed by atoms with van der Waals surface area (Å²) in [6, 6.07) is 5.31. The first-order valence-corrected chi connectivity index (χ1v) is 8.49. The second kappa shape index (κ2) is 6.62. The lowest BCUT2D eigenvalue weighted by atomic mass is 10.1. The van der Waals surface area contributed by atoms with Crippen LogP contribution in [0.1, 0.15) is 32.1 Å². The van der Waals surface area contributed by atoms with Gasteiger partial charge in [-0.05, 0) is 30.7 Å². The minimum absolute atomic E-state index is 0.465. The van der Waals surface area contributed by atoms with Gasteiger partial charge >= 0.3 is 0 Å². The van der Waals surface area contributed by atoms with E-state index in [-0.39, 0.29) is 0 Å². The van der Waals surface area contributed by atoms with E-state index in [0.29, 0.717) is 12.1 Å². The molecule has 0 bridgehead atoms. The van der Waals surface area contributed by atoms with Gasteiger partial charge in [0.25, 0.3) is 0 Å². The van der Waals surface area contributed by atoms with Crippen LogP contribution in [0.15, 0.2) is 22.5 Å². The third-order valence-electron chi connectivity index (χ3n) is 2.91. The highest BCUT2D eigenvalue weighted by molar-refractivity contribution is 8.14. The minimum atomic E-state index is 0.465. The number of hydrogen-bond donors (Lipinski definition) is 1. The number of thiophene rings is 1. The first kappa shape index (κ1) is 13.9. The maximum atomic E-state index is 4.77. The second-order valence-corrected chi connectivity index (χ2v) is 7.40. The van der Waals surface area contributed by atoms with Gasteiger partial charge in [0.15, 0.2) is 5.17 Å². The quantitative estimate of drug-likeness (QED) is 0.888. The van der Waals surface area contributed by atoms with Crippen molar-refractivity contribution in [1.29, 1.82) is 0 Å². The zero-order valence-electron chi connectivity index (χ0n) is 11.3. The lowest BCUT2D eigenvalue weighted by Gasteiger charge is -2.13. The van der Waals surface area contributed by atoms with Gasteiger partial charge in [0, 0.05) is 23.1 Å². The van der Waals surface area contributed by atoms with Gasteiger partial charge in [-0.1, -0.05) is 31.7 Å². The van der Waals surface area contributed by atoms with E-state index in [4.69, 9.17) is 4.99 Å². The molecule has 2 atom stereocenters. The molecule has 4 heteroatoms. The van der Waals surface area contributed by atoms with Gasteiger partial charge in [-0.2, -0.15) is 0 Å². The van der Waals surface area contributed by atoms with Gasteiger partial charge in [-0.3, -0.25) is 4.99 Å². The Balaban J connectivity index is 1.79. The Kier molecular flexibility index (Phi) is 5.13. The molecule has 2 rings (SSSR count). The largest absolute Gasteiger partial charge is 0.362 e. The molecule has 0 spiro atoms. The Bertz CT molecular complexity index is 385. The topological polar surface area (TPSA) is 24.4 Å². The molecule has 0 saturated carbocycles. The Labute approximate surface area is 118 Å². The zero-order valence-corrected chi connectivity index (χ0v) is 13.0. The third-order valence-corrected chi connectivity index (χ3v) is 4.86. The van der Waals surface area contributed by atoms with Crippen molar-refractivity contribution in [1.82, 2.24) is 5.32 Å². The molecule has 2 unspecified atom stereocenters. The lowest BCUT2D eigenvalue weighted by Crippen LogP contribution is -2.31. The summed E-state index contributed by atoms with van der Waals surface area (Å²) < 4.78 is 0. The maximum absolute atomic E-state index is 4.77. The van der Waals surface area contributed by atoms with Crippen LogP contribution in [0.3, 0.4) is 0 Å². The third kappa shape index (κ3) is 4.32. The number of thioether (sulfide) groups is 1. The van der Waals surface area contributed by atoms with Crippen LogP contribution in [-0.2, 0) is 6.42 Å². The van der Waals surface area contributed by atoms with Gasteiger partial charge in [0.1, 0.15) is 0 Å². The highest BCUT2D eigenvalue weighted by Gasteiger charge is 2.20. The van der Waals surface area contributed by atoms with E-state index >= 15 is 0 Å². The summed E-state index contributed by atoms with van der Waals surface area (Å²) in [5.41, 5.74) is 0. The molecule has 0 aromatic carbocycles. The number of aliphatic imine (C=N–C) groups is 1. The fourth-order valence-electron chi connectivity index (χ4n) is 2.15. The standard InChI is InChI=1S/C14H22N2S2/c1-10(2)7-12-9-18-14(16-12)15-11(3)8-13-5-4-6-17-13/h4-6,10-12H,7-9H2,1-3H3,(H,15,16). The van der Waals surface area contributed by atoms with Gasteiger partial charge in [0.05, 0.1) is 6.04 Å². The molecule has 1 aromatic heterocycles. The summed E-state index contributed by atoms with van der Waals surface area (Å²) in [6.45, 7) is 6.77. The van der Waals surface area contributed by atoms with Gasteiger partial charge in [-0.15, -0.1) is 11.3 Å². The Morgan fingerprint density at radius 3 is 2.94 bits per heavy atom. The molecule has 0 fully saturated rings. The van der Waals surface area contributed by atoms with E-state index in [1.165, 1.54) is 11.3 Å². The second-order valence-electron chi connectivity index (χ2n) is 5.36. The van der Waals surface area contributed by atoms with E-state index in [9.17, 15) is 0 Å². The molecule has 1 N–H and O–H groups in total. The maximum Gasteiger partial charge on any atom is 0.157 e. The zero-order chi connectivity index (χ0) is 13.0. The van der Waals surface area contributed by atoms with E-state index in [1.807, 2.05) is 23.1 Å². The van der Waals surface area contributed by atoms with Crippen LogP contribution >= 0.6 is 23.1 Å². The van der Waals surface area contributed by atoms with Crippen LogP contribution in [0, 0.1) is 5.92 Å². The van der Waals surface area contributed by atoms with Gasteiger partial charge in [-0.25, -0.2) is 0 Å². The van der Waals surface area contributed by atoms with Gasteiger partial charge in [0.2, 0.25) is 0 Å². The molecular weight excluding hydrogens is 260 g/mol. The molecule has 0 saturated heterocycles. The van der Waals surface area contributed by atoms with Crippen molar-refractivity contribution in [3.8, 4) is 0 Å². The van der Waals surface area contributed by atoms with Crippen LogP contribution < -0.4 is 5.32 Å². The highest BCUT2D eigenvalue weighted by Crippen LogP contribution is 2.22. The average Bonchev–Trinajstić information content (AvgIpc) is 2.89. The predicted molar refractivity (Wildman–Crippen MR) is 83.8 cm³/mol. The lowest BCUT2D eigenvalue weighted by molar-refractivity contribution is 0.528. The smallest absolute Gasteiger partial charge is 0.157 e. The highest BCUT2D eigenvalue weighted by atomic mass is 32.2. The van der Waals surface area contributed by atoms with E-state index in [1.54, 1.807) is 0 Å². The summed E-state index contributed by atoms with van der Waals surface area (Å²) in [6.07, 6.45) is 2.30. The number of hydrogen-bond acceptors (Lipinski definition) is 4. The molecule has 0 amide bonds. The van der Waals surface area contributed by atoms with Crippen molar-refractivity contribution in [2.24, 2.45) is 10.9 Å². The fraction of sp³-hybridized carbons (Fsp3) is 0.643. The summed E-state index contributed by atoms with van der Waals surface area (Å²) in [4.78, 5) is 6.21. The number of nitrogens with one attached hydrogen (secondary N) is 1. The van der Waals surface area contributed by atoms with Crippen molar-refractivity contribution in [3.63, 3.8) is 0 Å². The molecule has 2 nitrogen and oxygen atoms in total. The van der Waals surface area contributed by atoms with Crippen molar-refractivity contribution in [2.45, 2.75) is 45.7 Å². The average molecular weight is 282 g/mol. The first-order valence-electron chi connectivity index (χ1n) is 6.63. The predicted octanol–water partition coefficient (Wildman–Crippen LogP) is 3.79. The summed E-state index contributed by atoms with van der Waals surface area (Å²) >= 11 is 3.71. The van der Waals surface area contributed by atoms with Crippen LogP contribution in [0.25, 0.3) is 0 Å². The van der Waals surface area contributed by atoms with Crippen molar-refractivity contribution in [3.05, 3.63) is 22.4 Å². The molecular formula is C14H22N2S2. The minimum Gasteiger partial charge on any atom is -0.362 e. The molecule has 0 radical (unpaired) electrons. The molecule has 100 valence electrons. The van der Waals surface area contributed by atoms with Crippen molar-refractivity contribution in [2.75, 3.05) is 5.75 Å². The summed E-state index contributed by atoms with van der Waals surface area (Å²) in [7, 11) is 0. The van der Waals surface area contributed by atoms with E-state index < -0.39 is 0 Å². The van der Waals surface area contributed by atoms with Crippen molar-refractivity contribution >= 4 is 28.3 Å². The molecule has 1 aliphatic rings. The molecule has 2 heterocycles. The fourth-order valence-corrected chi connectivity index (χ4v) is 4.06. The molecule has 1 aliphatic heterocycles. The molecule has 18 heavy (non-hydrogen) atoms. The first-order chi connectivity index (χ1) is 8.63. The monoisotopic (exact) mass is 282 g/mol. The Hall–Kier alpha value is -0.480. The summed E-state index contributed by atoms with van der Waals surface area (Å²) in [5, 5.41) is 6.82. The molecule has 0 aliphatic carbocycles. The van der Waals surface area contributed by atoms with Crippen LogP contribution in [0.2, 0.25) is 0 Å². The van der Waals surface area contributed by atoms with Crippen LogP contribution in [0.5, 0.6) is 0 Å². The number of nitrogens with zero attached hydrogens (tertiary/aromatic N) is 1. The normalized spacial score (nSPS) is 21.1. The number of rotatable bonds is 5. The SMILES string of the molecule is CC(C)CC1CSC(NC(C)Cc2cccs2)=N1. The van der Waals surface area contributed by atoms with E-state index in [0.717, 1.165) is 23.3 Å². The van der Waals surface area contributed by atoms with Crippen LogP contribution in [0.4, 0.5) is 0 Å². The molecule has 1 aromatic rings. The Morgan fingerprint density at radius 2 is 2.28 bits per heavy atom. The number of amidine groups is 1.